The van der Waals surface area contributed by atoms with E-state index in [4.69, 9.17) is 16.7 Å². The fraction of sp³-hybridized carbons (Fsp3) is 0.185. The predicted molar refractivity (Wildman–Crippen MR) is 135 cm³/mol. The van der Waals surface area contributed by atoms with Crippen molar-refractivity contribution in [3.8, 4) is 11.4 Å². The Morgan fingerprint density at radius 3 is 2.71 bits per heavy atom. The van der Waals surface area contributed by atoms with Gasteiger partial charge in [0, 0.05) is 50.6 Å². The van der Waals surface area contributed by atoms with Gasteiger partial charge in [-0.25, -0.2) is 4.68 Å². The smallest absolute Gasteiger partial charge is 0.162 e. The third-order valence-corrected chi connectivity index (χ3v) is 7.98. The number of benzene rings is 2. The molecule has 0 saturated heterocycles. The Balaban J connectivity index is 1.58. The molecule has 170 valence electrons. The molecule has 5 nitrogen and oxygen atoms in total. The summed E-state index contributed by atoms with van der Waals surface area (Å²) >= 11 is 8.04. The van der Waals surface area contributed by atoms with Crippen LogP contribution in [0, 0.1) is 6.92 Å². The van der Waals surface area contributed by atoms with E-state index in [1.807, 2.05) is 48.0 Å². The van der Waals surface area contributed by atoms with Crippen molar-refractivity contribution in [2.24, 2.45) is 0 Å². The highest BCUT2D eigenvalue weighted by Gasteiger charge is 2.42. The molecule has 2 aromatic carbocycles. The summed E-state index contributed by atoms with van der Waals surface area (Å²) in [6, 6.07) is 19.1. The molecule has 2 N–H and O–H groups in total. The largest absolute Gasteiger partial charge is 0.508 e. The van der Waals surface area contributed by atoms with Crippen LogP contribution in [-0.4, -0.2) is 20.7 Å². The third-order valence-electron chi connectivity index (χ3n) is 6.71. The Hall–Kier alpha value is -3.35. The van der Waals surface area contributed by atoms with Crippen LogP contribution in [0.15, 0.2) is 77.3 Å². The van der Waals surface area contributed by atoms with Crippen molar-refractivity contribution >= 4 is 34.5 Å². The lowest BCUT2D eigenvalue weighted by molar-refractivity contribution is -0.116. The number of aryl methyl sites for hydroxylation is 1. The second-order valence-corrected chi connectivity index (χ2v) is 10.2. The standard InChI is InChI=1S/C27H22ClN3O2S/c1-15-24-25(19-14-17(28)9-10-21(19)32)26-20(12-16(13-22(26)33)23-8-5-11-34-23)29-27(24)31(30-15)18-6-3-2-4-7-18/h2-11,14,16,25,29,32H,12-13H2,1H3/t16-,25-/m0/s1. The van der Waals surface area contributed by atoms with E-state index in [-0.39, 0.29) is 17.5 Å². The lowest BCUT2D eigenvalue weighted by atomic mass is 9.73. The lowest BCUT2D eigenvalue weighted by Gasteiger charge is -2.35. The van der Waals surface area contributed by atoms with Gasteiger partial charge in [-0.3, -0.25) is 4.79 Å². The number of allylic oxidation sites excluding steroid dienone is 2. The average molecular weight is 488 g/mol. The van der Waals surface area contributed by atoms with Gasteiger partial charge in [-0.05, 0) is 55.1 Å². The van der Waals surface area contributed by atoms with E-state index in [0.717, 1.165) is 34.9 Å². The summed E-state index contributed by atoms with van der Waals surface area (Å²) in [5, 5.41) is 21.9. The Morgan fingerprint density at radius 2 is 1.94 bits per heavy atom. The minimum atomic E-state index is -0.445. The molecule has 0 unspecified atom stereocenters. The summed E-state index contributed by atoms with van der Waals surface area (Å²) < 4.78 is 1.89. The van der Waals surface area contributed by atoms with Crippen molar-refractivity contribution in [2.45, 2.75) is 31.6 Å². The maximum absolute atomic E-state index is 13.7. The number of rotatable bonds is 3. The zero-order valence-corrected chi connectivity index (χ0v) is 20.0. The molecule has 0 saturated carbocycles. The summed E-state index contributed by atoms with van der Waals surface area (Å²) in [4.78, 5) is 14.9. The second kappa shape index (κ2) is 8.15. The van der Waals surface area contributed by atoms with Gasteiger partial charge in [0.05, 0.1) is 11.4 Å². The van der Waals surface area contributed by atoms with Crippen LogP contribution in [0.4, 0.5) is 5.82 Å². The number of Topliss-reactive ketones (excluding diaryl/α,β-unsaturated/α-hetero) is 1. The van der Waals surface area contributed by atoms with E-state index < -0.39 is 5.92 Å². The SMILES string of the molecule is Cc1nn(-c2ccccc2)c2c1[C@H](c1cc(Cl)ccc1O)C1=C(C[C@H](c3cccs3)CC1=O)N2. The molecule has 0 fully saturated rings. The van der Waals surface area contributed by atoms with Gasteiger partial charge in [0.2, 0.25) is 0 Å². The van der Waals surface area contributed by atoms with Crippen molar-refractivity contribution < 1.29 is 9.90 Å². The van der Waals surface area contributed by atoms with E-state index in [1.54, 1.807) is 29.5 Å². The number of carbonyl (C=O) groups excluding carboxylic acids is 1. The minimum Gasteiger partial charge on any atom is -0.508 e. The van der Waals surface area contributed by atoms with Gasteiger partial charge >= 0.3 is 0 Å². The molecule has 1 aliphatic heterocycles. The second-order valence-electron chi connectivity index (χ2n) is 8.79. The number of phenols is 1. The summed E-state index contributed by atoms with van der Waals surface area (Å²) in [6.07, 6.45) is 1.16. The number of nitrogens with zero attached hydrogens (tertiary/aromatic N) is 2. The van der Waals surface area contributed by atoms with Crippen LogP contribution >= 0.6 is 22.9 Å². The first kappa shape index (κ1) is 21.2. The van der Waals surface area contributed by atoms with Gasteiger partial charge in [0.1, 0.15) is 11.6 Å². The average Bonchev–Trinajstić information content (AvgIpc) is 3.49. The van der Waals surface area contributed by atoms with Gasteiger partial charge in [0.25, 0.3) is 0 Å². The number of aromatic nitrogens is 2. The van der Waals surface area contributed by atoms with Crippen LogP contribution < -0.4 is 5.32 Å². The maximum Gasteiger partial charge on any atom is 0.162 e. The van der Waals surface area contributed by atoms with E-state index >= 15 is 0 Å². The number of anilines is 1. The summed E-state index contributed by atoms with van der Waals surface area (Å²) in [6.45, 7) is 1.95. The van der Waals surface area contributed by atoms with Crippen molar-refractivity contribution in [1.29, 1.82) is 0 Å². The number of ketones is 1. The van der Waals surface area contributed by atoms with Crippen molar-refractivity contribution in [1.82, 2.24) is 9.78 Å². The lowest BCUT2D eigenvalue weighted by Crippen LogP contribution is -2.30. The number of fused-ring (bicyclic) bond motifs is 1. The highest BCUT2D eigenvalue weighted by molar-refractivity contribution is 7.10. The number of halogens is 1. The molecule has 4 aromatic rings. The van der Waals surface area contributed by atoms with E-state index in [2.05, 4.69) is 16.8 Å². The van der Waals surface area contributed by atoms with Gasteiger partial charge in [-0.2, -0.15) is 5.10 Å². The number of carbonyl (C=O) groups is 1. The normalized spacial score (nSPS) is 19.5. The molecular formula is C27H22ClN3O2S. The summed E-state index contributed by atoms with van der Waals surface area (Å²) in [5.74, 6) is 0.719. The molecule has 6 rings (SSSR count). The molecule has 0 bridgehead atoms. The number of hydrogen-bond acceptors (Lipinski definition) is 5. The molecule has 3 heterocycles. The third kappa shape index (κ3) is 3.37. The zero-order chi connectivity index (χ0) is 23.4. The molecule has 2 atom stereocenters. The molecule has 7 heteroatoms. The fourth-order valence-corrected chi connectivity index (χ4v) is 6.24. The van der Waals surface area contributed by atoms with E-state index in [0.29, 0.717) is 22.6 Å². The molecule has 2 aliphatic rings. The van der Waals surface area contributed by atoms with Crippen LogP contribution in [0.1, 0.15) is 46.4 Å². The number of hydrogen-bond donors (Lipinski definition) is 2. The van der Waals surface area contributed by atoms with Crippen LogP contribution in [0.2, 0.25) is 5.02 Å². The first-order valence-electron chi connectivity index (χ1n) is 11.2. The topological polar surface area (TPSA) is 67.1 Å². The highest BCUT2D eigenvalue weighted by atomic mass is 35.5. The quantitative estimate of drug-likeness (QED) is 0.343. The van der Waals surface area contributed by atoms with Gasteiger partial charge in [0.15, 0.2) is 5.78 Å². The van der Waals surface area contributed by atoms with E-state index in [9.17, 15) is 9.90 Å². The highest BCUT2D eigenvalue weighted by Crippen LogP contribution is 2.51. The zero-order valence-electron chi connectivity index (χ0n) is 18.5. The Kier molecular flexibility index (Phi) is 5.08. The molecule has 0 radical (unpaired) electrons. The number of thiophene rings is 1. The summed E-state index contributed by atoms with van der Waals surface area (Å²) in [5.41, 5.74) is 4.84. The Labute approximate surface area is 206 Å². The predicted octanol–water partition coefficient (Wildman–Crippen LogP) is 6.56. The Bertz CT molecular complexity index is 1440. The summed E-state index contributed by atoms with van der Waals surface area (Å²) in [7, 11) is 0. The minimum absolute atomic E-state index is 0.0917. The molecule has 1 aliphatic carbocycles. The van der Waals surface area contributed by atoms with Crippen molar-refractivity contribution in [3.05, 3.63) is 104 Å². The van der Waals surface area contributed by atoms with Gasteiger partial charge < -0.3 is 10.4 Å². The van der Waals surface area contributed by atoms with Gasteiger partial charge in [-0.15, -0.1) is 11.3 Å². The number of aromatic hydroxyl groups is 1. The molecule has 2 aromatic heterocycles. The first-order chi connectivity index (χ1) is 16.5. The first-order valence-corrected chi connectivity index (χ1v) is 12.5. The number of para-hydroxylation sites is 1. The number of nitrogens with one attached hydrogen (secondary N) is 1. The maximum atomic E-state index is 13.7. The Morgan fingerprint density at radius 1 is 1.12 bits per heavy atom. The monoisotopic (exact) mass is 487 g/mol. The van der Waals surface area contributed by atoms with Crippen LogP contribution in [0.25, 0.3) is 5.69 Å². The van der Waals surface area contributed by atoms with Gasteiger partial charge in [-0.1, -0.05) is 35.9 Å². The fourth-order valence-electron chi connectivity index (χ4n) is 5.22. The van der Waals surface area contributed by atoms with Crippen LogP contribution in [-0.2, 0) is 4.79 Å². The van der Waals surface area contributed by atoms with Crippen molar-refractivity contribution in [3.63, 3.8) is 0 Å². The molecular weight excluding hydrogens is 466 g/mol. The molecule has 34 heavy (non-hydrogen) atoms. The molecule has 0 spiro atoms. The van der Waals surface area contributed by atoms with Crippen LogP contribution in [0.5, 0.6) is 5.75 Å². The number of phenolic OH excluding ortho intramolecular Hbond substituents is 1. The molecule has 0 amide bonds. The van der Waals surface area contributed by atoms with Crippen molar-refractivity contribution in [2.75, 3.05) is 5.32 Å². The van der Waals surface area contributed by atoms with Crippen LogP contribution in [0.3, 0.4) is 0 Å². The van der Waals surface area contributed by atoms with E-state index in [1.165, 1.54) is 4.88 Å².